The molecule has 28 heavy (non-hydrogen) atoms. The van der Waals surface area contributed by atoms with Gasteiger partial charge < -0.3 is 5.32 Å². The second kappa shape index (κ2) is 7.67. The van der Waals surface area contributed by atoms with Gasteiger partial charge in [-0.1, -0.05) is 36.7 Å². The first-order chi connectivity index (χ1) is 13.1. The number of Topliss-reactive ketones (excluding diaryl/α,β-unsaturated/α-hetero) is 1. The fourth-order valence-corrected chi connectivity index (χ4v) is 2.91. The van der Waals surface area contributed by atoms with E-state index in [-0.39, 0.29) is 23.8 Å². The second-order valence-electron chi connectivity index (χ2n) is 7.54. The number of nitrogens with one attached hydrogen (secondary N) is 1. The van der Waals surface area contributed by atoms with E-state index < -0.39 is 5.41 Å². The van der Waals surface area contributed by atoms with Gasteiger partial charge >= 0.3 is 0 Å². The van der Waals surface area contributed by atoms with E-state index in [2.05, 4.69) is 26.2 Å². The summed E-state index contributed by atoms with van der Waals surface area (Å²) in [4.78, 5) is 41.5. The van der Waals surface area contributed by atoms with E-state index in [4.69, 9.17) is 0 Å². The molecule has 0 bridgehead atoms. The summed E-state index contributed by atoms with van der Waals surface area (Å²) >= 11 is 3.34. The van der Waals surface area contributed by atoms with Crippen LogP contribution in [0, 0.1) is 5.41 Å². The van der Waals surface area contributed by atoms with E-state index in [0.717, 1.165) is 4.47 Å². The molecule has 0 fully saturated rings. The molecule has 144 valence electrons. The largest absolute Gasteiger partial charge is 0.326 e. The molecule has 2 aromatic carbocycles. The van der Waals surface area contributed by atoms with Crippen molar-refractivity contribution in [2.75, 3.05) is 5.32 Å². The van der Waals surface area contributed by atoms with Crippen molar-refractivity contribution in [1.82, 2.24) is 9.55 Å². The van der Waals surface area contributed by atoms with Crippen LogP contribution in [0.2, 0.25) is 0 Å². The molecule has 0 unspecified atom stereocenters. The molecular formula is C21H20BrN3O3. The Hall–Kier alpha value is -2.80. The maximum Gasteiger partial charge on any atom is 0.261 e. The SMILES string of the molecule is CC(C)(C)C(=O)Nc1ccc(C(=O)Cn2cnc3ccc(Br)cc3c2=O)cc1. The zero-order valence-corrected chi connectivity index (χ0v) is 17.4. The number of benzene rings is 2. The minimum Gasteiger partial charge on any atom is -0.326 e. The minimum absolute atomic E-state index is 0.105. The van der Waals surface area contributed by atoms with Crippen LogP contribution < -0.4 is 10.9 Å². The number of anilines is 1. The first kappa shape index (κ1) is 19.9. The summed E-state index contributed by atoms with van der Waals surface area (Å²) < 4.78 is 2.07. The predicted octanol–water partition coefficient (Wildman–Crippen LogP) is 4.03. The molecule has 1 heterocycles. The number of carbonyl (C=O) groups is 2. The van der Waals surface area contributed by atoms with Crippen molar-refractivity contribution in [3.8, 4) is 0 Å². The molecule has 6 nitrogen and oxygen atoms in total. The third-order valence-corrected chi connectivity index (χ3v) is 4.74. The van der Waals surface area contributed by atoms with Gasteiger partial charge in [-0.2, -0.15) is 0 Å². The van der Waals surface area contributed by atoms with Crippen LogP contribution in [0.25, 0.3) is 10.9 Å². The van der Waals surface area contributed by atoms with Crippen molar-refractivity contribution < 1.29 is 9.59 Å². The number of carbonyl (C=O) groups excluding carboxylic acids is 2. The highest BCUT2D eigenvalue weighted by atomic mass is 79.9. The van der Waals surface area contributed by atoms with Crippen LogP contribution in [-0.4, -0.2) is 21.2 Å². The first-order valence-corrected chi connectivity index (χ1v) is 9.54. The van der Waals surface area contributed by atoms with Crippen molar-refractivity contribution in [1.29, 1.82) is 0 Å². The number of fused-ring (bicyclic) bond motifs is 1. The Labute approximate surface area is 170 Å². The van der Waals surface area contributed by atoms with E-state index >= 15 is 0 Å². The van der Waals surface area contributed by atoms with Crippen molar-refractivity contribution in [3.05, 3.63) is 69.2 Å². The van der Waals surface area contributed by atoms with Crippen LogP contribution in [0.15, 0.2) is 58.1 Å². The monoisotopic (exact) mass is 441 g/mol. The third kappa shape index (κ3) is 4.36. The van der Waals surface area contributed by atoms with Gasteiger partial charge in [-0.05, 0) is 42.5 Å². The number of amides is 1. The number of rotatable bonds is 4. The van der Waals surface area contributed by atoms with Crippen molar-refractivity contribution in [3.63, 3.8) is 0 Å². The molecule has 0 aliphatic heterocycles. The molecule has 0 saturated carbocycles. The van der Waals surface area contributed by atoms with E-state index in [1.807, 2.05) is 26.8 Å². The molecule has 0 spiro atoms. The van der Waals surface area contributed by atoms with E-state index in [9.17, 15) is 14.4 Å². The molecule has 3 aromatic rings. The molecular weight excluding hydrogens is 422 g/mol. The first-order valence-electron chi connectivity index (χ1n) is 8.74. The van der Waals surface area contributed by atoms with Gasteiger partial charge in [-0.15, -0.1) is 0 Å². The Balaban J connectivity index is 1.78. The Bertz CT molecular complexity index is 1110. The highest BCUT2D eigenvalue weighted by Crippen LogP contribution is 2.18. The van der Waals surface area contributed by atoms with Gasteiger partial charge in [0.25, 0.3) is 5.56 Å². The molecule has 0 radical (unpaired) electrons. The summed E-state index contributed by atoms with van der Waals surface area (Å²) in [5, 5.41) is 3.26. The number of hydrogen-bond donors (Lipinski definition) is 1. The highest BCUT2D eigenvalue weighted by molar-refractivity contribution is 9.10. The molecule has 0 atom stereocenters. The standard InChI is InChI=1S/C21H20BrN3O3/c1-21(2,3)20(28)24-15-7-4-13(5-8-15)18(26)11-25-12-23-17-9-6-14(22)10-16(17)19(25)27/h4-10,12H,11H2,1-3H3,(H,24,28). The Morgan fingerprint density at radius 3 is 2.43 bits per heavy atom. The van der Waals surface area contributed by atoms with Gasteiger partial charge in [-0.3, -0.25) is 19.0 Å². The van der Waals surface area contributed by atoms with Gasteiger partial charge in [0.05, 0.1) is 23.8 Å². The predicted molar refractivity (Wildman–Crippen MR) is 113 cm³/mol. The molecule has 0 aliphatic rings. The molecule has 1 N–H and O–H groups in total. The quantitative estimate of drug-likeness (QED) is 0.619. The van der Waals surface area contributed by atoms with Crippen LogP contribution in [0.3, 0.4) is 0 Å². The topological polar surface area (TPSA) is 81.1 Å². The van der Waals surface area contributed by atoms with Crippen molar-refractivity contribution in [2.45, 2.75) is 27.3 Å². The van der Waals surface area contributed by atoms with Crippen LogP contribution >= 0.6 is 15.9 Å². The molecule has 7 heteroatoms. The lowest BCUT2D eigenvalue weighted by Crippen LogP contribution is -2.27. The Morgan fingerprint density at radius 1 is 1.11 bits per heavy atom. The summed E-state index contributed by atoms with van der Waals surface area (Å²) in [5.41, 5.74) is 0.874. The summed E-state index contributed by atoms with van der Waals surface area (Å²) in [6, 6.07) is 11.9. The lowest BCUT2D eigenvalue weighted by Gasteiger charge is -2.17. The zero-order chi connectivity index (χ0) is 20.5. The van der Waals surface area contributed by atoms with Gasteiger partial charge in [0.15, 0.2) is 5.78 Å². The van der Waals surface area contributed by atoms with Crippen molar-refractivity contribution in [2.24, 2.45) is 5.41 Å². The third-order valence-electron chi connectivity index (χ3n) is 4.25. The van der Waals surface area contributed by atoms with Crippen LogP contribution in [0.1, 0.15) is 31.1 Å². The lowest BCUT2D eigenvalue weighted by molar-refractivity contribution is -0.123. The maximum absolute atomic E-state index is 12.6. The molecule has 3 rings (SSSR count). The highest BCUT2D eigenvalue weighted by Gasteiger charge is 2.21. The number of hydrogen-bond acceptors (Lipinski definition) is 4. The fourth-order valence-electron chi connectivity index (χ4n) is 2.55. The number of ketones is 1. The molecule has 0 aliphatic carbocycles. The van der Waals surface area contributed by atoms with Crippen LogP contribution in [0.4, 0.5) is 5.69 Å². The van der Waals surface area contributed by atoms with E-state index in [1.54, 1.807) is 36.4 Å². The van der Waals surface area contributed by atoms with Crippen LogP contribution in [-0.2, 0) is 11.3 Å². The summed E-state index contributed by atoms with van der Waals surface area (Å²) in [6.07, 6.45) is 1.38. The molecule has 1 amide bonds. The van der Waals surface area contributed by atoms with E-state index in [1.165, 1.54) is 10.9 Å². The van der Waals surface area contributed by atoms with Gasteiger partial charge in [0.1, 0.15) is 0 Å². The number of halogens is 1. The zero-order valence-electron chi connectivity index (χ0n) is 15.8. The molecule has 0 saturated heterocycles. The number of aromatic nitrogens is 2. The normalized spacial score (nSPS) is 11.4. The summed E-state index contributed by atoms with van der Waals surface area (Å²) in [7, 11) is 0. The summed E-state index contributed by atoms with van der Waals surface area (Å²) in [6.45, 7) is 5.37. The maximum atomic E-state index is 12.6. The van der Waals surface area contributed by atoms with E-state index in [0.29, 0.717) is 22.2 Å². The lowest BCUT2D eigenvalue weighted by atomic mass is 9.95. The van der Waals surface area contributed by atoms with Crippen molar-refractivity contribution >= 4 is 44.2 Å². The second-order valence-corrected chi connectivity index (χ2v) is 8.46. The Morgan fingerprint density at radius 2 is 1.79 bits per heavy atom. The average Bonchev–Trinajstić information content (AvgIpc) is 2.64. The Kier molecular flexibility index (Phi) is 5.47. The van der Waals surface area contributed by atoms with Gasteiger partial charge in [0, 0.05) is 21.1 Å². The minimum atomic E-state index is -0.506. The average molecular weight is 442 g/mol. The van der Waals surface area contributed by atoms with Gasteiger partial charge in [-0.25, -0.2) is 4.98 Å². The smallest absolute Gasteiger partial charge is 0.261 e. The number of nitrogens with zero attached hydrogens (tertiary/aromatic N) is 2. The molecule has 1 aromatic heterocycles. The fraction of sp³-hybridized carbons (Fsp3) is 0.238. The van der Waals surface area contributed by atoms with Gasteiger partial charge in [0.2, 0.25) is 5.91 Å². The summed E-state index contributed by atoms with van der Waals surface area (Å²) in [5.74, 6) is -0.321. The van der Waals surface area contributed by atoms with Crippen LogP contribution in [0.5, 0.6) is 0 Å².